The molecule has 0 aliphatic heterocycles. The van der Waals surface area contributed by atoms with Gasteiger partial charge in [-0.2, -0.15) is 0 Å². The van der Waals surface area contributed by atoms with Crippen LogP contribution in [0, 0.1) is 11.3 Å². The molecule has 1 aliphatic carbocycles. The van der Waals surface area contributed by atoms with E-state index in [-0.39, 0.29) is 11.3 Å². The number of hydrogen-bond donors (Lipinski definition) is 1. The van der Waals surface area contributed by atoms with E-state index < -0.39 is 10.8 Å². The third kappa shape index (κ3) is 3.78. The molecule has 0 heterocycles. The quantitative estimate of drug-likeness (QED) is 0.824. The summed E-state index contributed by atoms with van der Waals surface area (Å²) in [5.74, 6) is 1.51. The highest BCUT2D eigenvalue weighted by molar-refractivity contribution is 7.85. The molecule has 0 spiro atoms. The van der Waals surface area contributed by atoms with Crippen LogP contribution in [0.2, 0.25) is 0 Å². The molecule has 2 N–H and O–H groups in total. The summed E-state index contributed by atoms with van der Waals surface area (Å²) in [7, 11) is -0.719. The van der Waals surface area contributed by atoms with Gasteiger partial charge in [0.15, 0.2) is 0 Å². The van der Waals surface area contributed by atoms with Crippen molar-refractivity contribution in [1.29, 1.82) is 0 Å². The van der Waals surface area contributed by atoms with E-state index in [1.807, 2.05) is 0 Å². The molecule has 0 aromatic rings. The normalized spacial score (nSPS) is 32.4. The van der Waals surface area contributed by atoms with Gasteiger partial charge in [-0.3, -0.25) is 4.21 Å². The van der Waals surface area contributed by atoms with Crippen molar-refractivity contribution in [2.75, 3.05) is 5.75 Å². The van der Waals surface area contributed by atoms with Gasteiger partial charge in [-0.05, 0) is 37.0 Å². The maximum atomic E-state index is 12.2. The Kier molecular flexibility index (Phi) is 5.65. The zero-order valence-electron chi connectivity index (χ0n) is 11.9. The summed E-state index contributed by atoms with van der Waals surface area (Å²) in [4.78, 5) is 0. The second-order valence-corrected chi connectivity index (χ2v) is 7.91. The molecule has 0 aromatic heterocycles. The first-order valence-electron chi connectivity index (χ1n) is 7.05. The molecule has 17 heavy (non-hydrogen) atoms. The van der Waals surface area contributed by atoms with Crippen molar-refractivity contribution in [1.82, 2.24) is 0 Å². The maximum absolute atomic E-state index is 12.2. The third-order valence-electron chi connectivity index (χ3n) is 4.60. The summed E-state index contributed by atoms with van der Waals surface area (Å²) >= 11 is 0. The second-order valence-electron chi connectivity index (χ2n) is 6.14. The van der Waals surface area contributed by atoms with Crippen molar-refractivity contribution in [3.8, 4) is 0 Å². The van der Waals surface area contributed by atoms with Gasteiger partial charge >= 0.3 is 0 Å². The molecular weight excluding hydrogens is 230 g/mol. The minimum absolute atomic E-state index is 0.159. The fourth-order valence-electron chi connectivity index (χ4n) is 2.81. The topological polar surface area (TPSA) is 43.1 Å². The average Bonchev–Trinajstić information content (AvgIpc) is 2.29. The Bertz CT molecular complexity index is 265. The Morgan fingerprint density at radius 3 is 2.47 bits per heavy atom. The Morgan fingerprint density at radius 2 is 1.94 bits per heavy atom. The smallest absolute Gasteiger partial charge is 0.0501 e. The zero-order chi connectivity index (χ0) is 13.1. The lowest BCUT2D eigenvalue weighted by atomic mass is 9.69. The van der Waals surface area contributed by atoms with Crippen LogP contribution in [0.1, 0.15) is 59.8 Å². The highest BCUT2D eigenvalue weighted by Crippen LogP contribution is 2.41. The van der Waals surface area contributed by atoms with E-state index in [0.29, 0.717) is 11.3 Å². The Labute approximate surface area is 109 Å². The summed E-state index contributed by atoms with van der Waals surface area (Å²) < 4.78 is 12.2. The molecule has 0 amide bonds. The van der Waals surface area contributed by atoms with Gasteiger partial charge in [0.05, 0.1) is 5.25 Å². The second kappa shape index (κ2) is 6.33. The van der Waals surface area contributed by atoms with E-state index >= 15 is 0 Å². The lowest BCUT2D eigenvalue weighted by Gasteiger charge is -2.41. The Hall–Kier alpha value is 0.110. The lowest BCUT2D eigenvalue weighted by molar-refractivity contribution is 0.147. The van der Waals surface area contributed by atoms with Gasteiger partial charge in [-0.25, -0.2) is 0 Å². The molecular formula is C14H29NOS. The molecule has 4 unspecified atom stereocenters. The Balaban J connectivity index is 2.68. The van der Waals surface area contributed by atoms with Gasteiger partial charge < -0.3 is 5.73 Å². The largest absolute Gasteiger partial charge is 0.327 e. The average molecular weight is 259 g/mol. The molecule has 1 saturated carbocycles. The lowest BCUT2D eigenvalue weighted by Crippen LogP contribution is -2.46. The molecule has 3 heteroatoms. The molecule has 1 aliphatic rings. The zero-order valence-corrected chi connectivity index (χ0v) is 12.7. The third-order valence-corrected chi connectivity index (χ3v) is 6.63. The predicted octanol–water partition coefficient (Wildman–Crippen LogP) is 3.08. The minimum Gasteiger partial charge on any atom is -0.327 e. The highest BCUT2D eigenvalue weighted by Gasteiger charge is 2.37. The number of nitrogens with two attached hydrogens (primary N) is 1. The van der Waals surface area contributed by atoms with Crippen LogP contribution in [0.3, 0.4) is 0 Å². The predicted molar refractivity (Wildman–Crippen MR) is 76.5 cm³/mol. The first-order chi connectivity index (χ1) is 7.92. The minimum atomic E-state index is -0.719. The number of hydrogen-bond acceptors (Lipinski definition) is 2. The van der Waals surface area contributed by atoms with Crippen LogP contribution in [0.15, 0.2) is 0 Å². The summed E-state index contributed by atoms with van der Waals surface area (Å²) in [6.07, 6.45) is 5.52. The molecule has 102 valence electrons. The maximum Gasteiger partial charge on any atom is 0.0501 e. The van der Waals surface area contributed by atoms with Crippen molar-refractivity contribution in [3.63, 3.8) is 0 Å². The van der Waals surface area contributed by atoms with Crippen LogP contribution in [0.4, 0.5) is 0 Å². The van der Waals surface area contributed by atoms with E-state index in [0.717, 1.165) is 25.0 Å². The van der Waals surface area contributed by atoms with E-state index in [9.17, 15) is 4.21 Å². The van der Waals surface area contributed by atoms with Gasteiger partial charge in [0, 0.05) is 22.6 Å². The van der Waals surface area contributed by atoms with Crippen molar-refractivity contribution in [2.24, 2.45) is 17.1 Å². The van der Waals surface area contributed by atoms with Gasteiger partial charge in [0.1, 0.15) is 0 Å². The van der Waals surface area contributed by atoms with Crippen LogP contribution in [-0.2, 0) is 10.8 Å². The molecule has 0 bridgehead atoms. The first-order valence-corrected chi connectivity index (χ1v) is 8.43. The summed E-state index contributed by atoms with van der Waals surface area (Å²) in [5, 5.41) is 0.236. The molecule has 4 atom stereocenters. The molecule has 0 saturated heterocycles. The van der Waals surface area contributed by atoms with Crippen LogP contribution in [-0.4, -0.2) is 21.3 Å². The summed E-state index contributed by atoms with van der Waals surface area (Å²) in [5.41, 5.74) is 6.53. The standard InChI is InChI=1S/C14H29NOS/c1-5-9-17(16)13-10-11(7-8-12(13)15)14(3,4)6-2/h11-13H,5-10,15H2,1-4H3. The van der Waals surface area contributed by atoms with Crippen molar-refractivity contribution < 1.29 is 4.21 Å². The van der Waals surface area contributed by atoms with Crippen LogP contribution < -0.4 is 5.73 Å². The van der Waals surface area contributed by atoms with Crippen molar-refractivity contribution in [2.45, 2.75) is 71.1 Å². The van der Waals surface area contributed by atoms with Gasteiger partial charge in [0.2, 0.25) is 0 Å². The van der Waals surface area contributed by atoms with E-state index in [1.54, 1.807) is 0 Å². The number of rotatable bonds is 5. The van der Waals surface area contributed by atoms with Crippen LogP contribution in [0.25, 0.3) is 0 Å². The Morgan fingerprint density at radius 1 is 1.29 bits per heavy atom. The molecule has 1 rings (SSSR count). The fraction of sp³-hybridized carbons (Fsp3) is 1.00. The monoisotopic (exact) mass is 259 g/mol. The van der Waals surface area contributed by atoms with Crippen molar-refractivity contribution >= 4 is 10.8 Å². The highest BCUT2D eigenvalue weighted by atomic mass is 32.2. The van der Waals surface area contributed by atoms with E-state index in [4.69, 9.17) is 5.73 Å². The summed E-state index contributed by atoms with van der Waals surface area (Å²) in [6.45, 7) is 9.04. The first kappa shape index (κ1) is 15.2. The molecule has 0 radical (unpaired) electrons. The van der Waals surface area contributed by atoms with Gasteiger partial charge in [-0.1, -0.05) is 34.1 Å². The van der Waals surface area contributed by atoms with E-state index in [2.05, 4.69) is 27.7 Å². The molecule has 2 nitrogen and oxygen atoms in total. The van der Waals surface area contributed by atoms with Crippen LogP contribution in [0.5, 0.6) is 0 Å². The molecule has 1 fully saturated rings. The fourth-order valence-corrected chi connectivity index (χ4v) is 4.48. The van der Waals surface area contributed by atoms with Crippen molar-refractivity contribution in [3.05, 3.63) is 0 Å². The van der Waals surface area contributed by atoms with Gasteiger partial charge in [0.25, 0.3) is 0 Å². The molecule has 0 aromatic carbocycles. The van der Waals surface area contributed by atoms with E-state index in [1.165, 1.54) is 12.8 Å². The van der Waals surface area contributed by atoms with Gasteiger partial charge in [-0.15, -0.1) is 0 Å². The summed E-state index contributed by atoms with van der Waals surface area (Å²) in [6, 6.07) is 0.159. The SMILES string of the molecule is CCCS(=O)C1CC(C(C)(C)CC)CCC1N. The van der Waals surface area contributed by atoms with Crippen LogP contribution >= 0.6 is 0 Å².